The zero-order chi connectivity index (χ0) is 27.8. The highest BCUT2D eigenvalue weighted by atomic mass is 19.4. The number of amides is 3. The largest absolute Gasteiger partial charge is 0.416 e. The van der Waals surface area contributed by atoms with Crippen molar-refractivity contribution in [3.05, 3.63) is 70.3 Å². The van der Waals surface area contributed by atoms with Crippen LogP contribution < -0.4 is 21.3 Å². The van der Waals surface area contributed by atoms with Crippen molar-refractivity contribution >= 4 is 17.7 Å². The number of hydrogen-bond donors (Lipinski definition) is 4. The molecule has 4 N–H and O–H groups in total. The second-order valence-corrected chi connectivity index (χ2v) is 9.67. The minimum absolute atomic E-state index is 0.131. The van der Waals surface area contributed by atoms with Crippen LogP contribution in [0.5, 0.6) is 0 Å². The van der Waals surface area contributed by atoms with Gasteiger partial charge in [0.25, 0.3) is 5.91 Å². The number of halogens is 3. The molecule has 0 aliphatic rings. The average Bonchev–Trinajstić information content (AvgIpc) is 2.82. The Morgan fingerprint density at radius 1 is 1.00 bits per heavy atom. The lowest BCUT2D eigenvalue weighted by Gasteiger charge is -2.28. The molecule has 37 heavy (non-hydrogen) atoms. The van der Waals surface area contributed by atoms with Crippen molar-refractivity contribution in [3.8, 4) is 0 Å². The van der Waals surface area contributed by atoms with Gasteiger partial charge in [0.2, 0.25) is 11.8 Å². The maximum absolute atomic E-state index is 12.9. The summed E-state index contributed by atoms with van der Waals surface area (Å²) in [6.45, 7) is 9.75. The van der Waals surface area contributed by atoms with Crippen molar-refractivity contribution < 1.29 is 27.6 Å². The van der Waals surface area contributed by atoms with Gasteiger partial charge in [0.15, 0.2) is 0 Å². The number of aryl methyl sites for hydroxylation is 2. The Kier molecular flexibility index (Phi) is 10.2. The van der Waals surface area contributed by atoms with Crippen LogP contribution in [0.1, 0.15) is 59.8 Å². The molecule has 202 valence electrons. The maximum Gasteiger partial charge on any atom is 0.416 e. The molecule has 0 aliphatic heterocycles. The number of benzene rings is 2. The Labute approximate surface area is 215 Å². The highest BCUT2D eigenvalue weighted by Crippen LogP contribution is 2.29. The van der Waals surface area contributed by atoms with Gasteiger partial charge in [-0.2, -0.15) is 13.2 Å². The number of nitrogens with one attached hydrogen (secondary N) is 4. The summed E-state index contributed by atoms with van der Waals surface area (Å²) in [5.41, 5.74) is 1.61. The van der Waals surface area contributed by atoms with E-state index in [0.29, 0.717) is 19.0 Å². The Balaban J connectivity index is 2.02. The van der Waals surface area contributed by atoms with Gasteiger partial charge in [0.05, 0.1) is 12.1 Å². The molecule has 0 saturated carbocycles. The van der Waals surface area contributed by atoms with Crippen LogP contribution in [0.4, 0.5) is 13.2 Å². The lowest BCUT2D eigenvalue weighted by molar-refractivity contribution is -0.137. The van der Waals surface area contributed by atoms with E-state index in [0.717, 1.165) is 28.8 Å². The molecule has 0 radical (unpaired) electrons. The van der Waals surface area contributed by atoms with Crippen molar-refractivity contribution in [1.82, 2.24) is 21.3 Å². The Morgan fingerprint density at radius 3 is 2.32 bits per heavy atom. The molecule has 0 spiro atoms. The van der Waals surface area contributed by atoms with Crippen molar-refractivity contribution in [2.24, 2.45) is 0 Å². The van der Waals surface area contributed by atoms with Gasteiger partial charge in [-0.05, 0) is 63.4 Å². The Bertz CT molecular complexity index is 1120. The zero-order valence-electron chi connectivity index (χ0n) is 21.8. The smallest absolute Gasteiger partial charge is 0.349 e. The third kappa shape index (κ3) is 9.53. The van der Waals surface area contributed by atoms with Gasteiger partial charge >= 0.3 is 6.18 Å². The predicted octanol–water partition coefficient (Wildman–Crippen LogP) is 3.63. The number of hydrogen-bond acceptors (Lipinski definition) is 4. The summed E-state index contributed by atoms with van der Waals surface area (Å²) in [5, 5.41) is 11.0. The predicted molar refractivity (Wildman–Crippen MR) is 136 cm³/mol. The van der Waals surface area contributed by atoms with Crippen LogP contribution in [0, 0.1) is 13.8 Å². The fourth-order valence-corrected chi connectivity index (χ4v) is 3.46. The van der Waals surface area contributed by atoms with E-state index in [2.05, 4.69) is 27.3 Å². The van der Waals surface area contributed by atoms with Gasteiger partial charge < -0.3 is 21.3 Å². The summed E-state index contributed by atoms with van der Waals surface area (Å²) < 4.78 is 38.8. The van der Waals surface area contributed by atoms with Crippen LogP contribution in [0.3, 0.4) is 0 Å². The summed E-state index contributed by atoms with van der Waals surface area (Å²) in [5.74, 6) is -1.87. The fourth-order valence-electron chi connectivity index (χ4n) is 3.46. The van der Waals surface area contributed by atoms with E-state index in [-0.39, 0.29) is 12.1 Å². The van der Waals surface area contributed by atoms with Crippen molar-refractivity contribution in [1.29, 1.82) is 0 Å². The van der Waals surface area contributed by atoms with Crippen molar-refractivity contribution in [3.63, 3.8) is 0 Å². The van der Waals surface area contributed by atoms with E-state index in [1.807, 2.05) is 46.8 Å². The van der Waals surface area contributed by atoms with Gasteiger partial charge in [-0.3, -0.25) is 14.4 Å². The molecule has 3 amide bonds. The van der Waals surface area contributed by atoms with Crippen LogP contribution in [0.15, 0.2) is 42.5 Å². The van der Waals surface area contributed by atoms with Gasteiger partial charge in [-0.25, -0.2) is 0 Å². The number of carbonyl (C=O) groups is 3. The first-order valence-electron chi connectivity index (χ1n) is 12.1. The SMILES string of the molecule is CCC(C)(C)NC(=O)C(CNCc1ccc(C)cc1C)NC(=O)CNC(=O)c1cccc(C(F)(F)F)c1. The Morgan fingerprint density at radius 2 is 1.70 bits per heavy atom. The highest BCUT2D eigenvalue weighted by molar-refractivity contribution is 5.97. The molecule has 0 bridgehead atoms. The molecule has 1 atom stereocenters. The molecular formula is C27H35F3N4O3. The molecule has 10 heteroatoms. The number of carbonyl (C=O) groups excluding carboxylic acids is 3. The van der Waals surface area contributed by atoms with Crippen LogP contribution in [-0.2, 0) is 22.3 Å². The third-order valence-corrected chi connectivity index (χ3v) is 6.02. The highest BCUT2D eigenvalue weighted by Gasteiger charge is 2.31. The molecule has 0 aliphatic carbocycles. The molecule has 2 aromatic rings. The normalized spacial score (nSPS) is 12.5. The number of rotatable bonds is 11. The summed E-state index contributed by atoms with van der Waals surface area (Å²) in [6.07, 6.45) is -3.92. The minimum atomic E-state index is -4.59. The summed E-state index contributed by atoms with van der Waals surface area (Å²) >= 11 is 0. The number of alkyl halides is 3. The molecule has 7 nitrogen and oxygen atoms in total. The van der Waals surface area contributed by atoms with Crippen LogP contribution in [0.2, 0.25) is 0 Å². The van der Waals surface area contributed by atoms with Crippen LogP contribution in [-0.4, -0.2) is 42.4 Å². The molecule has 0 fully saturated rings. The van der Waals surface area contributed by atoms with E-state index in [1.165, 1.54) is 6.07 Å². The molecule has 2 rings (SSSR count). The minimum Gasteiger partial charge on any atom is -0.349 e. The summed E-state index contributed by atoms with van der Waals surface area (Å²) in [4.78, 5) is 37.8. The second kappa shape index (κ2) is 12.7. The van der Waals surface area contributed by atoms with E-state index in [9.17, 15) is 27.6 Å². The van der Waals surface area contributed by atoms with Crippen LogP contribution >= 0.6 is 0 Å². The summed E-state index contributed by atoms with van der Waals surface area (Å²) in [7, 11) is 0. The lowest BCUT2D eigenvalue weighted by Crippen LogP contribution is -2.57. The van der Waals surface area contributed by atoms with Crippen molar-refractivity contribution in [2.45, 2.75) is 65.3 Å². The zero-order valence-corrected chi connectivity index (χ0v) is 21.8. The topological polar surface area (TPSA) is 99.3 Å². The second-order valence-electron chi connectivity index (χ2n) is 9.67. The third-order valence-electron chi connectivity index (χ3n) is 6.02. The molecule has 0 aromatic heterocycles. The molecular weight excluding hydrogens is 485 g/mol. The lowest BCUT2D eigenvalue weighted by atomic mass is 10.0. The van der Waals surface area contributed by atoms with Crippen molar-refractivity contribution in [2.75, 3.05) is 13.1 Å². The average molecular weight is 521 g/mol. The maximum atomic E-state index is 12.9. The van der Waals surface area contributed by atoms with E-state index in [4.69, 9.17) is 0 Å². The first-order valence-corrected chi connectivity index (χ1v) is 12.1. The molecule has 2 aromatic carbocycles. The quantitative estimate of drug-likeness (QED) is 0.364. The van der Waals surface area contributed by atoms with Gasteiger partial charge in [0.1, 0.15) is 6.04 Å². The summed E-state index contributed by atoms with van der Waals surface area (Å²) in [6, 6.07) is 9.02. The van der Waals surface area contributed by atoms with Gasteiger partial charge in [0, 0.05) is 24.2 Å². The molecule has 1 unspecified atom stereocenters. The first-order chi connectivity index (χ1) is 17.2. The van der Waals surface area contributed by atoms with Gasteiger partial charge in [-0.1, -0.05) is 36.8 Å². The monoisotopic (exact) mass is 520 g/mol. The Hall–Kier alpha value is -3.40. The van der Waals surface area contributed by atoms with E-state index in [1.54, 1.807) is 0 Å². The molecule has 0 saturated heterocycles. The van der Waals surface area contributed by atoms with E-state index < -0.39 is 47.6 Å². The van der Waals surface area contributed by atoms with Gasteiger partial charge in [-0.15, -0.1) is 0 Å². The molecule has 0 heterocycles. The standard InChI is InChI=1S/C27H35F3N4O3/c1-6-26(4,5)34-25(37)22(15-31-14-20-11-10-17(2)12-18(20)3)33-23(35)16-32-24(36)19-8-7-9-21(13-19)27(28,29)30/h7-13,22,31H,6,14-16H2,1-5H3,(H,32,36)(H,33,35)(H,34,37). The fraction of sp³-hybridized carbons (Fsp3) is 0.444. The first kappa shape index (κ1) is 29.8. The van der Waals surface area contributed by atoms with E-state index >= 15 is 0 Å². The van der Waals surface area contributed by atoms with Crippen LogP contribution in [0.25, 0.3) is 0 Å².